The maximum absolute atomic E-state index is 11.3. The Balaban J connectivity index is 2.90. The van der Waals surface area contributed by atoms with Crippen molar-refractivity contribution in [2.24, 2.45) is 0 Å². The first kappa shape index (κ1) is 18.1. The van der Waals surface area contributed by atoms with E-state index in [2.05, 4.69) is 5.32 Å². The van der Waals surface area contributed by atoms with E-state index in [0.717, 1.165) is 18.4 Å². The molecular weight excluding hydrogens is 286 g/mol. The van der Waals surface area contributed by atoms with Crippen LogP contribution in [0.1, 0.15) is 31.7 Å². The van der Waals surface area contributed by atoms with E-state index in [0.29, 0.717) is 30.2 Å². The SMILES string of the molecule is CCCCC(NCc1ccc(OC)c(OC)c1OC)C(=O)O. The molecule has 6 heteroatoms. The fourth-order valence-electron chi connectivity index (χ4n) is 2.26. The fourth-order valence-corrected chi connectivity index (χ4v) is 2.26. The Morgan fingerprint density at radius 3 is 2.36 bits per heavy atom. The number of carboxylic acids is 1. The molecule has 0 aliphatic carbocycles. The van der Waals surface area contributed by atoms with Crippen molar-refractivity contribution in [1.29, 1.82) is 0 Å². The van der Waals surface area contributed by atoms with Crippen molar-refractivity contribution in [1.82, 2.24) is 5.32 Å². The van der Waals surface area contributed by atoms with Gasteiger partial charge in [0.2, 0.25) is 5.75 Å². The minimum atomic E-state index is -0.840. The van der Waals surface area contributed by atoms with Crippen molar-refractivity contribution in [2.45, 2.75) is 38.8 Å². The average Bonchev–Trinajstić information content (AvgIpc) is 2.53. The summed E-state index contributed by atoms with van der Waals surface area (Å²) in [5.74, 6) is 0.787. The first-order chi connectivity index (χ1) is 10.6. The van der Waals surface area contributed by atoms with Crippen LogP contribution in [-0.4, -0.2) is 38.4 Å². The fraction of sp³-hybridized carbons (Fsp3) is 0.562. The van der Waals surface area contributed by atoms with E-state index in [1.54, 1.807) is 27.4 Å². The molecule has 0 fully saturated rings. The molecule has 0 bridgehead atoms. The van der Waals surface area contributed by atoms with Gasteiger partial charge in [0.15, 0.2) is 11.5 Å². The van der Waals surface area contributed by atoms with Crippen LogP contribution in [0.2, 0.25) is 0 Å². The van der Waals surface area contributed by atoms with Crippen molar-refractivity contribution in [3.63, 3.8) is 0 Å². The second-order valence-electron chi connectivity index (χ2n) is 4.91. The Morgan fingerprint density at radius 1 is 1.18 bits per heavy atom. The summed E-state index contributed by atoms with van der Waals surface area (Å²) in [5.41, 5.74) is 0.822. The van der Waals surface area contributed by atoms with E-state index >= 15 is 0 Å². The molecule has 0 saturated carbocycles. The van der Waals surface area contributed by atoms with Crippen LogP contribution in [0.4, 0.5) is 0 Å². The number of nitrogens with one attached hydrogen (secondary N) is 1. The zero-order chi connectivity index (χ0) is 16.5. The summed E-state index contributed by atoms with van der Waals surface area (Å²) in [4.78, 5) is 11.3. The smallest absolute Gasteiger partial charge is 0.320 e. The predicted molar refractivity (Wildman–Crippen MR) is 83.9 cm³/mol. The summed E-state index contributed by atoms with van der Waals surface area (Å²) < 4.78 is 15.9. The molecular formula is C16H25NO5. The maximum atomic E-state index is 11.3. The first-order valence-electron chi connectivity index (χ1n) is 7.33. The van der Waals surface area contributed by atoms with Gasteiger partial charge < -0.3 is 24.6 Å². The van der Waals surface area contributed by atoms with E-state index in [4.69, 9.17) is 14.2 Å². The number of rotatable bonds is 10. The summed E-state index contributed by atoms with van der Waals surface area (Å²) in [7, 11) is 4.64. The predicted octanol–water partition coefficient (Wildman–Crippen LogP) is 2.45. The molecule has 0 saturated heterocycles. The van der Waals surface area contributed by atoms with Gasteiger partial charge in [0, 0.05) is 12.1 Å². The largest absolute Gasteiger partial charge is 0.493 e. The molecule has 0 spiro atoms. The monoisotopic (exact) mass is 311 g/mol. The van der Waals surface area contributed by atoms with E-state index < -0.39 is 12.0 Å². The van der Waals surface area contributed by atoms with E-state index in [1.807, 2.05) is 13.0 Å². The van der Waals surface area contributed by atoms with Crippen molar-refractivity contribution in [3.8, 4) is 17.2 Å². The van der Waals surface area contributed by atoms with Crippen molar-refractivity contribution >= 4 is 5.97 Å². The summed E-state index contributed by atoms with van der Waals surface area (Å²) in [6, 6.07) is 3.05. The Bertz CT molecular complexity index is 490. The zero-order valence-corrected chi connectivity index (χ0v) is 13.6. The second-order valence-corrected chi connectivity index (χ2v) is 4.91. The van der Waals surface area contributed by atoms with Crippen molar-refractivity contribution in [2.75, 3.05) is 21.3 Å². The first-order valence-corrected chi connectivity index (χ1v) is 7.33. The van der Waals surface area contributed by atoms with Gasteiger partial charge in [-0.15, -0.1) is 0 Å². The van der Waals surface area contributed by atoms with Crippen LogP contribution >= 0.6 is 0 Å². The Hall–Kier alpha value is -1.95. The number of ether oxygens (including phenoxy) is 3. The molecule has 22 heavy (non-hydrogen) atoms. The van der Waals surface area contributed by atoms with Gasteiger partial charge in [-0.2, -0.15) is 0 Å². The lowest BCUT2D eigenvalue weighted by Gasteiger charge is -2.18. The van der Waals surface area contributed by atoms with Crippen LogP contribution in [0.25, 0.3) is 0 Å². The Morgan fingerprint density at radius 2 is 1.86 bits per heavy atom. The molecule has 0 aliphatic heterocycles. The molecule has 1 aromatic rings. The molecule has 1 aromatic carbocycles. The minimum Gasteiger partial charge on any atom is -0.493 e. The van der Waals surface area contributed by atoms with E-state index in [-0.39, 0.29) is 0 Å². The van der Waals surface area contributed by atoms with Crippen LogP contribution in [0.15, 0.2) is 12.1 Å². The van der Waals surface area contributed by atoms with Gasteiger partial charge in [0.1, 0.15) is 6.04 Å². The lowest BCUT2D eigenvalue weighted by molar-refractivity contribution is -0.139. The van der Waals surface area contributed by atoms with Gasteiger partial charge >= 0.3 is 5.97 Å². The lowest BCUT2D eigenvalue weighted by atomic mass is 10.1. The highest BCUT2D eigenvalue weighted by Gasteiger charge is 2.19. The zero-order valence-electron chi connectivity index (χ0n) is 13.6. The summed E-state index contributed by atoms with van der Waals surface area (Å²) in [6.07, 6.45) is 2.43. The third-order valence-corrected chi connectivity index (χ3v) is 3.47. The summed E-state index contributed by atoms with van der Waals surface area (Å²) >= 11 is 0. The minimum absolute atomic E-state index is 0.379. The van der Waals surface area contributed by atoms with Gasteiger partial charge in [-0.05, 0) is 12.5 Å². The van der Waals surface area contributed by atoms with Crippen LogP contribution in [-0.2, 0) is 11.3 Å². The van der Waals surface area contributed by atoms with Gasteiger partial charge in [-0.25, -0.2) is 0 Å². The highest BCUT2D eigenvalue weighted by molar-refractivity contribution is 5.73. The number of aliphatic carboxylic acids is 1. The topological polar surface area (TPSA) is 77.0 Å². The molecule has 1 atom stereocenters. The van der Waals surface area contributed by atoms with E-state index in [9.17, 15) is 9.90 Å². The third-order valence-electron chi connectivity index (χ3n) is 3.47. The normalized spacial score (nSPS) is 11.8. The lowest BCUT2D eigenvalue weighted by Crippen LogP contribution is -2.36. The molecule has 0 heterocycles. The quantitative estimate of drug-likeness (QED) is 0.691. The highest BCUT2D eigenvalue weighted by atomic mass is 16.5. The van der Waals surface area contributed by atoms with Crippen LogP contribution in [0.3, 0.4) is 0 Å². The maximum Gasteiger partial charge on any atom is 0.320 e. The number of hydrogen-bond acceptors (Lipinski definition) is 5. The molecule has 0 radical (unpaired) electrons. The molecule has 124 valence electrons. The van der Waals surface area contributed by atoms with Crippen molar-refractivity contribution in [3.05, 3.63) is 17.7 Å². The second kappa shape index (κ2) is 9.15. The van der Waals surface area contributed by atoms with E-state index in [1.165, 1.54) is 0 Å². The third kappa shape index (κ3) is 4.53. The number of benzene rings is 1. The van der Waals surface area contributed by atoms with Crippen molar-refractivity contribution < 1.29 is 24.1 Å². The molecule has 1 rings (SSSR count). The van der Waals surface area contributed by atoms with Crippen LogP contribution in [0, 0.1) is 0 Å². The number of hydrogen-bond donors (Lipinski definition) is 2. The summed E-state index contributed by atoms with van der Waals surface area (Å²) in [6.45, 7) is 2.42. The van der Waals surface area contributed by atoms with Crippen LogP contribution < -0.4 is 19.5 Å². The Labute approximate surface area is 131 Å². The highest BCUT2D eigenvalue weighted by Crippen LogP contribution is 2.39. The van der Waals surface area contributed by atoms with Gasteiger partial charge in [0.25, 0.3) is 0 Å². The Kier molecular flexibility index (Phi) is 7.52. The molecule has 0 amide bonds. The number of unbranched alkanes of at least 4 members (excludes halogenated alkanes) is 1. The molecule has 1 unspecified atom stereocenters. The number of carbonyl (C=O) groups is 1. The molecule has 0 aromatic heterocycles. The standard InChI is InChI=1S/C16H25NO5/c1-5-6-7-12(16(18)19)17-10-11-8-9-13(20-2)15(22-4)14(11)21-3/h8-9,12,17H,5-7,10H2,1-4H3,(H,18,19). The van der Waals surface area contributed by atoms with Gasteiger partial charge in [-0.1, -0.05) is 25.8 Å². The van der Waals surface area contributed by atoms with Crippen LogP contribution in [0.5, 0.6) is 17.2 Å². The van der Waals surface area contributed by atoms with Gasteiger partial charge in [0.05, 0.1) is 21.3 Å². The average molecular weight is 311 g/mol. The molecule has 6 nitrogen and oxygen atoms in total. The number of methoxy groups -OCH3 is 3. The molecule has 0 aliphatic rings. The summed E-state index contributed by atoms with van der Waals surface area (Å²) in [5, 5.41) is 12.3. The number of carboxylic acid groups (broad SMARTS) is 1. The van der Waals surface area contributed by atoms with Gasteiger partial charge in [-0.3, -0.25) is 4.79 Å². The molecule has 2 N–H and O–H groups in total.